The summed E-state index contributed by atoms with van der Waals surface area (Å²) < 4.78 is 16.8. The van der Waals surface area contributed by atoms with Crippen molar-refractivity contribution in [3.8, 4) is 5.75 Å². The number of nitrogens with zero attached hydrogens (tertiary/aromatic N) is 1. The Morgan fingerprint density at radius 1 is 1.14 bits per heavy atom. The van der Waals surface area contributed by atoms with Gasteiger partial charge in [0.15, 0.2) is 0 Å². The molecular weight excluding hydrogens is 482 g/mol. The third-order valence-corrected chi connectivity index (χ3v) is 11.5. The van der Waals surface area contributed by atoms with Crippen LogP contribution in [0.25, 0.3) is 0 Å². The maximum Gasteiger partial charge on any atom is 0.417 e. The topological polar surface area (TPSA) is 65.1 Å². The fourth-order valence-corrected chi connectivity index (χ4v) is 4.59. The van der Waals surface area contributed by atoms with Gasteiger partial charge in [0, 0.05) is 5.92 Å². The van der Waals surface area contributed by atoms with Crippen LogP contribution in [0.3, 0.4) is 0 Å². The predicted octanol–water partition coefficient (Wildman–Crippen LogP) is 6.85. The van der Waals surface area contributed by atoms with Crippen LogP contribution in [0.1, 0.15) is 44.2 Å². The number of carbonyl (C=O) groups excluding carboxylic acids is 2. The molecule has 0 aliphatic carbocycles. The maximum absolute atomic E-state index is 13.0. The highest BCUT2D eigenvalue weighted by molar-refractivity contribution is 6.74. The molecule has 3 rings (SSSR count). The Bertz CT molecular complexity index is 1100. The number of rotatable bonds is 10. The number of hydrogen-bond donors (Lipinski definition) is 0. The molecule has 2 amide bonds. The zero-order valence-corrected chi connectivity index (χ0v) is 23.8. The molecule has 1 aliphatic heterocycles. The van der Waals surface area contributed by atoms with E-state index in [1.807, 2.05) is 73.0 Å². The van der Waals surface area contributed by atoms with Crippen molar-refractivity contribution in [2.45, 2.75) is 63.7 Å². The molecular formula is C30H39NO5Si. The lowest BCUT2D eigenvalue weighted by atomic mass is 9.95. The summed E-state index contributed by atoms with van der Waals surface area (Å²) in [6.07, 6.45) is 7.69. The van der Waals surface area contributed by atoms with E-state index in [0.29, 0.717) is 12.8 Å². The first-order chi connectivity index (χ1) is 17.5. The first-order valence-electron chi connectivity index (χ1n) is 12.7. The van der Waals surface area contributed by atoms with Crippen LogP contribution in [-0.4, -0.2) is 45.0 Å². The molecule has 2 aromatic rings. The summed E-state index contributed by atoms with van der Waals surface area (Å²) in [5.41, 5.74) is 2.13. The third kappa shape index (κ3) is 7.58. The van der Waals surface area contributed by atoms with Crippen molar-refractivity contribution in [3.05, 3.63) is 90.2 Å². The SMILES string of the molecule is COc1ccc([C@H](/C=C\O[Si](C)(C)C(C)(C)C)C/C=C/C(=O)N2C(=O)OC[C@@H]2Cc2ccccc2)cc1. The average Bonchev–Trinajstić information content (AvgIpc) is 3.22. The number of methoxy groups -OCH3 is 1. The Morgan fingerprint density at radius 2 is 1.81 bits per heavy atom. The van der Waals surface area contributed by atoms with Crippen LogP contribution >= 0.6 is 0 Å². The predicted molar refractivity (Wildman–Crippen MR) is 149 cm³/mol. The lowest BCUT2D eigenvalue weighted by Crippen LogP contribution is -2.39. The van der Waals surface area contributed by atoms with Gasteiger partial charge in [-0.15, -0.1) is 0 Å². The highest BCUT2D eigenvalue weighted by Gasteiger charge is 2.38. The van der Waals surface area contributed by atoms with Crippen molar-refractivity contribution < 1.29 is 23.5 Å². The molecule has 0 aromatic heterocycles. The monoisotopic (exact) mass is 521 g/mol. The average molecular weight is 522 g/mol. The van der Waals surface area contributed by atoms with E-state index in [2.05, 4.69) is 33.9 Å². The molecule has 1 saturated heterocycles. The second-order valence-electron chi connectivity index (χ2n) is 10.9. The number of amides is 2. The number of carbonyl (C=O) groups is 2. The molecule has 0 N–H and O–H groups in total. The normalized spacial score (nSPS) is 17.3. The maximum atomic E-state index is 13.0. The number of benzene rings is 2. The number of imide groups is 1. The van der Waals surface area contributed by atoms with Gasteiger partial charge in [0.25, 0.3) is 5.91 Å². The Kier molecular flexibility index (Phi) is 9.37. The second-order valence-corrected chi connectivity index (χ2v) is 15.6. The van der Waals surface area contributed by atoms with Gasteiger partial charge in [-0.1, -0.05) is 69.3 Å². The van der Waals surface area contributed by atoms with Crippen LogP contribution in [0.5, 0.6) is 5.75 Å². The van der Waals surface area contributed by atoms with Gasteiger partial charge in [-0.3, -0.25) is 4.79 Å². The summed E-state index contributed by atoms with van der Waals surface area (Å²) in [7, 11) is -0.298. The third-order valence-electron chi connectivity index (χ3n) is 7.19. The van der Waals surface area contributed by atoms with Crippen LogP contribution in [0.2, 0.25) is 18.1 Å². The Balaban J connectivity index is 1.72. The van der Waals surface area contributed by atoms with Gasteiger partial charge in [-0.05, 0) is 66.4 Å². The largest absolute Gasteiger partial charge is 0.549 e. The Hall–Kier alpha value is -3.32. The van der Waals surface area contributed by atoms with Crippen LogP contribution in [-0.2, 0) is 20.4 Å². The highest BCUT2D eigenvalue weighted by Crippen LogP contribution is 2.37. The van der Waals surface area contributed by atoms with Gasteiger partial charge in [0.05, 0.1) is 19.4 Å². The van der Waals surface area contributed by atoms with E-state index in [-0.39, 0.29) is 29.5 Å². The van der Waals surface area contributed by atoms with Gasteiger partial charge < -0.3 is 13.9 Å². The molecule has 0 saturated carbocycles. The number of allylic oxidation sites excluding steroid dienone is 2. The fourth-order valence-electron chi connectivity index (χ4n) is 3.82. The van der Waals surface area contributed by atoms with Gasteiger partial charge in [-0.25, -0.2) is 9.69 Å². The smallest absolute Gasteiger partial charge is 0.417 e. The molecule has 0 spiro atoms. The van der Waals surface area contributed by atoms with Crippen molar-refractivity contribution in [2.75, 3.05) is 13.7 Å². The molecule has 1 heterocycles. The zero-order chi connectivity index (χ0) is 27.1. The first kappa shape index (κ1) is 28.3. The lowest BCUT2D eigenvalue weighted by Gasteiger charge is -2.35. The molecule has 0 unspecified atom stereocenters. The molecule has 1 aliphatic rings. The van der Waals surface area contributed by atoms with Crippen LogP contribution in [0.4, 0.5) is 4.79 Å². The minimum absolute atomic E-state index is 0.00892. The van der Waals surface area contributed by atoms with Crippen LogP contribution in [0, 0.1) is 0 Å². The van der Waals surface area contributed by atoms with Gasteiger partial charge >= 0.3 is 6.09 Å². The quantitative estimate of drug-likeness (QED) is 0.194. The Morgan fingerprint density at radius 3 is 2.43 bits per heavy atom. The molecule has 1 fully saturated rings. The fraction of sp³-hybridized carbons (Fsp3) is 0.400. The summed E-state index contributed by atoms with van der Waals surface area (Å²) in [5.74, 6) is 0.413. The zero-order valence-electron chi connectivity index (χ0n) is 22.8. The van der Waals surface area contributed by atoms with Gasteiger partial charge in [0.1, 0.15) is 12.4 Å². The van der Waals surface area contributed by atoms with E-state index in [1.165, 1.54) is 11.0 Å². The van der Waals surface area contributed by atoms with E-state index in [0.717, 1.165) is 16.9 Å². The molecule has 0 bridgehead atoms. The second kappa shape index (κ2) is 12.3. The van der Waals surface area contributed by atoms with Crippen molar-refractivity contribution >= 4 is 20.3 Å². The summed E-state index contributed by atoms with van der Waals surface area (Å²) in [5, 5.41) is 0.0971. The van der Waals surface area contributed by atoms with E-state index in [1.54, 1.807) is 7.11 Å². The molecule has 7 heteroatoms. The number of hydrogen-bond acceptors (Lipinski definition) is 5. The first-order valence-corrected chi connectivity index (χ1v) is 15.6. The summed E-state index contributed by atoms with van der Waals surface area (Å²) in [4.78, 5) is 26.5. The van der Waals surface area contributed by atoms with Crippen molar-refractivity contribution in [2.24, 2.45) is 0 Å². The van der Waals surface area contributed by atoms with Crippen molar-refractivity contribution in [3.63, 3.8) is 0 Å². The van der Waals surface area contributed by atoms with Crippen LogP contribution in [0.15, 0.2) is 79.1 Å². The summed E-state index contributed by atoms with van der Waals surface area (Å²) in [6.45, 7) is 11.2. The summed E-state index contributed by atoms with van der Waals surface area (Å²) >= 11 is 0. The highest BCUT2D eigenvalue weighted by atomic mass is 28.4. The van der Waals surface area contributed by atoms with Crippen LogP contribution < -0.4 is 4.74 Å². The van der Waals surface area contributed by atoms with E-state index < -0.39 is 14.4 Å². The molecule has 198 valence electrons. The number of ether oxygens (including phenoxy) is 2. The molecule has 2 atom stereocenters. The standard InChI is InChI=1S/C30H39NO5Si/c1-30(2,3)37(5,6)36-20-19-24(25-15-17-27(34-4)18-16-25)13-10-14-28(32)31-26(22-35-29(31)33)21-23-11-8-7-9-12-23/h7-12,14-20,24,26H,13,21-22H2,1-6H3/b14-10+,20-19-/t24-,26-/m0/s1. The van der Waals surface area contributed by atoms with E-state index in [9.17, 15) is 9.59 Å². The van der Waals surface area contributed by atoms with Gasteiger partial charge in [0.2, 0.25) is 8.32 Å². The molecule has 2 aromatic carbocycles. The summed E-state index contributed by atoms with van der Waals surface area (Å²) in [6, 6.07) is 17.4. The minimum Gasteiger partial charge on any atom is -0.549 e. The van der Waals surface area contributed by atoms with Crippen molar-refractivity contribution in [1.29, 1.82) is 0 Å². The molecule has 6 nitrogen and oxygen atoms in total. The minimum atomic E-state index is -1.94. The van der Waals surface area contributed by atoms with E-state index >= 15 is 0 Å². The molecule has 37 heavy (non-hydrogen) atoms. The van der Waals surface area contributed by atoms with E-state index in [4.69, 9.17) is 13.9 Å². The van der Waals surface area contributed by atoms with Gasteiger partial charge in [-0.2, -0.15) is 0 Å². The molecule has 0 radical (unpaired) electrons. The Labute approximate surface area is 222 Å². The lowest BCUT2D eigenvalue weighted by molar-refractivity contribution is -0.124. The van der Waals surface area contributed by atoms with Crippen molar-refractivity contribution in [1.82, 2.24) is 4.90 Å². The number of cyclic esters (lactones) is 1.